The molecule has 1 aliphatic rings. The summed E-state index contributed by atoms with van der Waals surface area (Å²) in [6.45, 7) is 3.87. The molecule has 0 spiro atoms. The van der Waals surface area contributed by atoms with Crippen LogP contribution in [0.5, 0.6) is 5.75 Å². The van der Waals surface area contributed by atoms with E-state index in [2.05, 4.69) is 27.8 Å². The zero-order valence-electron chi connectivity index (χ0n) is 15.5. The lowest BCUT2D eigenvalue weighted by Crippen LogP contribution is -2.53. The highest BCUT2D eigenvalue weighted by atomic mass is 79.9. The van der Waals surface area contributed by atoms with Crippen LogP contribution in [0.3, 0.4) is 0 Å². The molecule has 30 heavy (non-hydrogen) atoms. The molecule has 5 nitrogen and oxygen atoms in total. The molecule has 0 bridgehead atoms. The molecule has 2 aromatic carbocycles. The summed E-state index contributed by atoms with van der Waals surface area (Å²) in [6, 6.07) is 9.26. The molecule has 1 heterocycles. The van der Waals surface area contributed by atoms with Gasteiger partial charge in [0, 0.05) is 6.54 Å². The predicted octanol–water partition coefficient (Wildman–Crippen LogP) is 4.63. The second kappa shape index (κ2) is 9.51. The summed E-state index contributed by atoms with van der Waals surface area (Å²) < 4.78 is 19.5. The molecule has 154 valence electrons. The quantitative estimate of drug-likeness (QED) is 0.267. The fraction of sp³-hybridized carbons (Fsp3) is 0.0952. The van der Waals surface area contributed by atoms with Crippen molar-refractivity contribution in [2.24, 2.45) is 0 Å². The standard InChI is InChI=1S/C21H15BrClFN2O3S/c1-2-6-26-20(28)15(19(27)25-21(26)30)8-13-9-16(22)18(17(23)10-13)29-11-12-4-3-5-14(24)7-12/h2-5,7-10H,1,6,11H2,(H,25,27,30)/b15-8+. The second-order valence-electron chi connectivity index (χ2n) is 6.25. The van der Waals surface area contributed by atoms with Crippen LogP contribution in [0.1, 0.15) is 11.1 Å². The monoisotopic (exact) mass is 508 g/mol. The maximum Gasteiger partial charge on any atom is 0.265 e. The molecule has 1 aliphatic heterocycles. The molecule has 0 radical (unpaired) electrons. The molecule has 2 aromatic rings. The van der Waals surface area contributed by atoms with Crippen LogP contribution >= 0.6 is 39.7 Å². The molecule has 0 unspecified atom stereocenters. The Hall–Kier alpha value is -2.55. The van der Waals surface area contributed by atoms with Crippen molar-refractivity contribution in [1.29, 1.82) is 0 Å². The van der Waals surface area contributed by atoms with Crippen molar-refractivity contribution < 1.29 is 18.7 Å². The summed E-state index contributed by atoms with van der Waals surface area (Å²) in [5.74, 6) is -1.12. The van der Waals surface area contributed by atoms with E-state index < -0.39 is 11.8 Å². The predicted molar refractivity (Wildman–Crippen MR) is 121 cm³/mol. The highest BCUT2D eigenvalue weighted by Gasteiger charge is 2.32. The SMILES string of the molecule is C=CCN1C(=O)/C(=C/c2cc(Cl)c(OCc3cccc(F)c3)c(Br)c2)C(=O)NC1=S. The fourth-order valence-corrected chi connectivity index (χ4v) is 3.98. The van der Waals surface area contributed by atoms with Gasteiger partial charge in [-0.3, -0.25) is 19.8 Å². The lowest BCUT2D eigenvalue weighted by Gasteiger charge is -2.27. The minimum Gasteiger partial charge on any atom is -0.486 e. The Morgan fingerprint density at radius 1 is 1.30 bits per heavy atom. The first-order valence-corrected chi connectivity index (χ1v) is 10.2. The van der Waals surface area contributed by atoms with E-state index in [1.54, 1.807) is 24.3 Å². The molecule has 1 saturated heterocycles. The summed E-state index contributed by atoms with van der Waals surface area (Å²) >= 11 is 14.8. The summed E-state index contributed by atoms with van der Waals surface area (Å²) in [4.78, 5) is 26.1. The minimum absolute atomic E-state index is 0.0300. The van der Waals surface area contributed by atoms with E-state index >= 15 is 0 Å². The first-order valence-electron chi connectivity index (χ1n) is 8.66. The summed E-state index contributed by atoms with van der Waals surface area (Å²) in [7, 11) is 0. The molecule has 0 aromatic heterocycles. The molecule has 9 heteroatoms. The first kappa shape index (κ1) is 22.1. The van der Waals surface area contributed by atoms with E-state index in [0.717, 1.165) is 0 Å². The van der Waals surface area contributed by atoms with E-state index in [0.29, 0.717) is 21.3 Å². The van der Waals surface area contributed by atoms with Gasteiger partial charge in [0.1, 0.15) is 18.0 Å². The normalized spacial score (nSPS) is 15.4. The van der Waals surface area contributed by atoms with Gasteiger partial charge in [-0.25, -0.2) is 4.39 Å². The molecule has 2 amide bonds. The zero-order chi connectivity index (χ0) is 21.8. The van der Waals surface area contributed by atoms with Crippen LogP contribution in [-0.2, 0) is 16.2 Å². The van der Waals surface area contributed by atoms with E-state index in [1.807, 2.05) is 0 Å². The number of amides is 2. The van der Waals surface area contributed by atoms with E-state index in [1.165, 1.54) is 29.2 Å². The molecule has 3 rings (SSSR count). The number of benzene rings is 2. The summed E-state index contributed by atoms with van der Waals surface area (Å²) in [5.41, 5.74) is 1.07. The molecule has 1 N–H and O–H groups in total. The van der Waals surface area contributed by atoms with E-state index in [9.17, 15) is 14.0 Å². The minimum atomic E-state index is -0.594. The molecular weight excluding hydrogens is 495 g/mol. The maximum absolute atomic E-state index is 13.3. The third-order valence-electron chi connectivity index (χ3n) is 4.10. The van der Waals surface area contributed by atoms with Crippen LogP contribution < -0.4 is 10.1 Å². The third-order valence-corrected chi connectivity index (χ3v) is 5.29. The Kier molecular flexibility index (Phi) is 7.02. The van der Waals surface area contributed by atoms with Crippen molar-refractivity contribution in [3.8, 4) is 5.75 Å². The number of carbonyl (C=O) groups is 2. The van der Waals surface area contributed by atoms with Crippen molar-refractivity contribution in [3.05, 3.63) is 81.1 Å². The number of carbonyl (C=O) groups excluding carboxylic acids is 2. The van der Waals surface area contributed by atoms with Gasteiger partial charge in [-0.05, 0) is 69.6 Å². The van der Waals surface area contributed by atoms with E-state index in [-0.39, 0.29) is 34.7 Å². The Bertz CT molecular complexity index is 1070. The van der Waals surface area contributed by atoms with Crippen molar-refractivity contribution in [2.45, 2.75) is 6.61 Å². The van der Waals surface area contributed by atoms with Crippen molar-refractivity contribution in [1.82, 2.24) is 10.2 Å². The molecule has 0 aliphatic carbocycles. The second-order valence-corrected chi connectivity index (χ2v) is 7.90. The van der Waals surface area contributed by atoms with Gasteiger partial charge in [-0.15, -0.1) is 6.58 Å². The van der Waals surface area contributed by atoms with Crippen molar-refractivity contribution >= 4 is 62.8 Å². The van der Waals surface area contributed by atoms with Crippen LogP contribution in [0, 0.1) is 5.82 Å². The Labute approximate surface area is 191 Å². The van der Waals surface area contributed by atoms with Crippen LogP contribution in [0.2, 0.25) is 5.02 Å². The Morgan fingerprint density at radius 3 is 2.73 bits per heavy atom. The average molecular weight is 510 g/mol. The van der Waals surface area contributed by atoms with Crippen LogP contribution in [0.15, 0.2) is 59.1 Å². The largest absolute Gasteiger partial charge is 0.486 e. The number of rotatable bonds is 6. The Morgan fingerprint density at radius 2 is 2.07 bits per heavy atom. The summed E-state index contributed by atoms with van der Waals surface area (Å²) in [6.07, 6.45) is 2.93. The van der Waals surface area contributed by atoms with Crippen molar-refractivity contribution in [3.63, 3.8) is 0 Å². The van der Waals surface area contributed by atoms with Gasteiger partial charge < -0.3 is 4.74 Å². The first-order chi connectivity index (χ1) is 14.3. The molecule has 1 fully saturated rings. The topological polar surface area (TPSA) is 58.6 Å². The third kappa shape index (κ3) is 4.95. The number of hydrogen-bond donors (Lipinski definition) is 1. The van der Waals surface area contributed by atoms with Crippen LogP contribution in [0.25, 0.3) is 6.08 Å². The van der Waals surface area contributed by atoms with Crippen molar-refractivity contribution in [2.75, 3.05) is 6.54 Å². The lowest BCUT2D eigenvalue weighted by molar-refractivity contribution is -0.128. The maximum atomic E-state index is 13.3. The van der Waals surface area contributed by atoms with Crippen LogP contribution in [0.4, 0.5) is 4.39 Å². The number of nitrogens with zero attached hydrogens (tertiary/aromatic N) is 1. The number of halogens is 3. The number of hydrogen-bond acceptors (Lipinski definition) is 4. The van der Waals surface area contributed by atoms with Gasteiger partial charge in [0.05, 0.1) is 9.50 Å². The van der Waals surface area contributed by atoms with E-state index in [4.69, 9.17) is 28.6 Å². The van der Waals surface area contributed by atoms with Gasteiger partial charge in [0.2, 0.25) is 0 Å². The van der Waals surface area contributed by atoms with Gasteiger partial charge >= 0.3 is 0 Å². The number of nitrogens with one attached hydrogen (secondary N) is 1. The van der Waals surface area contributed by atoms with Gasteiger partial charge in [0.15, 0.2) is 10.9 Å². The highest BCUT2D eigenvalue weighted by Crippen LogP contribution is 2.36. The number of ether oxygens (including phenoxy) is 1. The molecule has 0 saturated carbocycles. The zero-order valence-corrected chi connectivity index (χ0v) is 18.6. The molecular formula is C21H15BrClFN2O3S. The van der Waals surface area contributed by atoms with Crippen LogP contribution in [-0.4, -0.2) is 28.4 Å². The fourth-order valence-electron chi connectivity index (χ4n) is 2.74. The lowest BCUT2D eigenvalue weighted by atomic mass is 10.1. The summed E-state index contributed by atoms with van der Waals surface area (Å²) in [5, 5.41) is 2.77. The smallest absolute Gasteiger partial charge is 0.265 e. The Balaban J connectivity index is 1.85. The van der Waals surface area contributed by atoms with Gasteiger partial charge in [-0.2, -0.15) is 0 Å². The van der Waals surface area contributed by atoms with Gasteiger partial charge in [0.25, 0.3) is 11.8 Å². The van der Waals surface area contributed by atoms with Gasteiger partial charge in [-0.1, -0.05) is 29.8 Å². The highest BCUT2D eigenvalue weighted by molar-refractivity contribution is 9.10. The average Bonchev–Trinajstić information content (AvgIpc) is 2.68. The molecule has 0 atom stereocenters. The number of thiocarbonyl (C=S) groups is 1.